The molecule has 0 radical (unpaired) electrons. The second-order valence-electron chi connectivity index (χ2n) is 5.87. The molecule has 1 saturated heterocycles. The fourth-order valence-electron chi connectivity index (χ4n) is 2.29. The van der Waals surface area contributed by atoms with Crippen LogP contribution in [0.4, 0.5) is 0 Å². The Morgan fingerprint density at radius 2 is 2.12 bits per heavy atom. The van der Waals surface area contributed by atoms with E-state index in [-0.39, 0.29) is 24.0 Å². The maximum absolute atomic E-state index is 10.6. The zero-order valence-corrected chi connectivity index (χ0v) is 18.1. The second kappa shape index (κ2) is 14.2. The Labute approximate surface area is 167 Å². The molecule has 0 aromatic heterocycles. The zero-order chi connectivity index (χ0) is 17.0. The van der Waals surface area contributed by atoms with Gasteiger partial charge in [-0.25, -0.2) is 0 Å². The van der Waals surface area contributed by atoms with Gasteiger partial charge in [0.2, 0.25) is 0 Å². The summed E-state index contributed by atoms with van der Waals surface area (Å²) in [6.45, 7) is 13.5. The second-order valence-corrected chi connectivity index (χ2v) is 7.02. The van der Waals surface area contributed by atoms with E-state index in [0.717, 1.165) is 56.9 Å². The van der Waals surface area contributed by atoms with Gasteiger partial charge in [-0.3, -0.25) is 9.89 Å². The Balaban J connectivity index is 0.00000529. The third-order valence-corrected chi connectivity index (χ3v) is 4.33. The fourth-order valence-corrected chi connectivity index (χ4v) is 2.87. The third-order valence-electron chi connectivity index (χ3n) is 3.36. The Morgan fingerprint density at radius 1 is 1.42 bits per heavy atom. The summed E-state index contributed by atoms with van der Waals surface area (Å²) < 4.78 is 5.34. The van der Waals surface area contributed by atoms with Gasteiger partial charge in [0.15, 0.2) is 5.96 Å². The summed E-state index contributed by atoms with van der Waals surface area (Å²) in [6, 6.07) is 0. The molecule has 1 heterocycles. The molecule has 0 amide bonds. The van der Waals surface area contributed by atoms with Crippen LogP contribution in [0.5, 0.6) is 0 Å². The highest BCUT2D eigenvalue weighted by atomic mass is 127. The van der Waals surface area contributed by atoms with E-state index in [2.05, 4.69) is 27.1 Å². The third kappa shape index (κ3) is 11.5. The number of halogens is 1. The molecule has 8 heteroatoms. The summed E-state index contributed by atoms with van der Waals surface area (Å²) in [7, 11) is 0. The van der Waals surface area contributed by atoms with Crippen molar-refractivity contribution in [3.05, 3.63) is 12.7 Å². The minimum Gasteiger partial charge on any atom is -0.387 e. The van der Waals surface area contributed by atoms with Gasteiger partial charge in [0.05, 0.1) is 25.4 Å². The quantitative estimate of drug-likeness (QED) is 0.146. The average Bonchev–Trinajstić information content (AvgIpc) is 2.53. The molecule has 142 valence electrons. The molecule has 1 aliphatic heterocycles. The number of aliphatic hydroxyl groups is 1. The van der Waals surface area contributed by atoms with E-state index in [9.17, 15) is 5.11 Å². The molecule has 0 aromatic rings. The molecular weight excluding hydrogens is 439 g/mol. The first kappa shape index (κ1) is 24.0. The van der Waals surface area contributed by atoms with Gasteiger partial charge >= 0.3 is 0 Å². The van der Waals surface area contributed by atoms with Crippen molar-refractivity contribution in [2.45, 2.75) is 19.4 Å². The van der Waals surface area contributed by atoms with Crippen molar-refractivity contribution in [3.8, 4) is 0 Å². The van der Waals surface area contributed by atoms with Gasteiger partial charge in [-0.15, -0.1) is 30.6 Å². The molecule has 3 N–H and O–H groups in total. The first-order valence-corrected chi connectivity index (χ1v) is 9.46. The van der Waals surface area contributed by atoms with Gasteiger partial charge in [-0.1, -0.05) is 6.08 Å². The first-order valence-electron chi connectivity index (χ1n) is 8.30. The van der Waals surface area contributed by atoms with Crippen molar-refractivity contribution < 1.29 is 9.84 Å². The number of ether oxygens (including phenoxy) is 1. The number of guanidine groups is 1. The van der Waals surface area contributed by atoms with Gasteiger partial charge in [0.1, 0.15) is 0 Å². The van der Waals surface area contributed by atoms with Crippen LogP contribution in [-0.2, 0) is 4.74 Å². The topological polar surface area (TPSA) is 69.1 Å². The van der Waals surface area contributed by atoms with E-state index in [0.29, 0.717) is 13.1 Å². The van der Waals surface area contributed by atoms with Gasteiger partial charge < -0.3 is 20.5 Å². The molecule has 0 spiro atoms. The van der Waals surface area contributed by atoms with Crippen molar-refractivity contribution in [1.29, 1.82) is 0 Å². The smallest absolute Gasteiger partial charge is 0.191 e. The first-order chi connectivity index (χ1) is 11.1. The summed E-state index contributed by atoms with van der Waals surface area (Å²) in [5.74, 6) is 2.72. The summed E-state index contributed by atoms with van der Waals surface area (Å²) in [6.07, 6.45) is 1.91. The minimum absolute atomic E-state index is 0. The van der Waals surface area contributed by atoms with Crippen LogP contribution in [0.1, 0.15) is 13.8 Å². The van der Waals surface area contributed by atoms with Crippen molar-refractivity contribution in [2.24, 2.45) is 4.99 Å². The molecule has 1 aliphatic rings. The van der Waals surface area contributed by atoms with Crippen LogP contribution in [0, 0.1) is 0 Å². The van der Waals surface area contributed by atoms with Crippen LogP contribution in [0.15, 0.2) is 17.6 Å². The van der Waals surface area contributed by atoms with Crippen LogP contribution in [0.2, 0.25) is 0 Å². The lowest BCUT2D eigenvalue weighted by Crippen LogP contribution is -2.48. The van der Waals surface area contributed by atoms with Crippen LogP contribution < -0.4 is 10.6 Å². The summed E-state index contributed by atoms with van der Waals surface area (Å²) in [5.41, 5.74) is -0.836. The summed E-state index contributed by atoms with van der Waals surface area (Å²) in [4.78, 5) is 6.75. The summed E-state index contributed by atoms with van der Waals surface area (Å²) >= 11 is 1.83. The lowest BCUT2D eigenvalue weighted by molar-refractivity contribution is -0.0179. The molecule has 1 unspecified atom stereocenters. The van der Waals surface area contributed by atoms with Gasteiger partial charge in [0, 0.05) is 44.2 Å². The van der Waals surface area contributed by atoms with Gasteiger partial charge in [-0.2, -0.15) is 11.8 Å². The normalized spacial score (nSPS) is 18.4. The Bertz CT molecular complexity index is 364. The average molecular weight is 472 g/mol. The number of aliphatic imine (C=N–C) groups is 1. The predicted molar refractivity (Wildman–Crippen MR) is 115 cm³/mol. The molecular formula is C16H33IN4O2S. The molecule has 0 aromatic carbocycles. The van der Waals surface area contributed by atoms with E-state index >= 15 is 0 Å². The molecule has 1 rings (SSSR count). The Hall–Kier alpha value is -0.0300. The Morgan fingerprint density at radius 3 is 2.75 bits per heavy atom. The number of β-amino-alcohol motifs (C(OH)–C–C–N with tert-alkyl or cyclic N) is 1. The number of thioether (sulfide) groups is 1. The van der Waals surface area contributed by atoms with Gasteiger partial charge in [0.25, 0.3) is 0 Å². The molecule has 24 heavy (non-hydrogen) atoms. The number of morpholine rings is 1. The number of hydrogen-bond acceptors (Lipinski definition) is 5. The molecule has 0 aliphatic carbocycles. The molecule has 0 bridgehead atoms. The fraction of sp³-hybridized carbons (Fsp3) is 0.812. The van der Waals surface area contributed by atoms with E-state index in [4.69, 9.17) is 4.74 Å². The highest BCUT2D eigenvalue weighted by molar-refractivity contribution is 14.0. The lowest BCUT2D eigenvalue weighted by atomic mass is 10.1. The van der Waals surface area contributed by atoms with Crippen molar-refractivity contribution in [3.63, 3.8) is 0 Å². The SMILES string of the molecule is C=CCSCCNC(=NCC(C)(O)CN1CCOCC1)NCC.I. The minimum atomic E-state index is -0.836. The number of nitrogens with one attached hydrogen (secondary N) is 2. The molecule has 1 fully saturated rings. The predicted octanol–water partition coefficient (Wildman–Crippen LogP) is 1.16. The number of rotatable bonds is 10. The lowest BCUT2D eigenvalue weighted by Gasteiger charge is -2.33. The van der Waals surface area contributed by atoms with Gasteiger partial charge in [-0.05, 0) is 13.8 Å². The van der Waals surface area contributed by atoms with Crippen LogP contribution in [0.25, 0.3) is 0 Å². The van der Waals surface area contributed by atoms with Crippen LogP contribution in [-0.4, -0.2) is 85.6 Å². The van der Waals surface area contributed by atoms with Crippen molar-refractivity contribution in [1.82, 2.24) is 15.5 Å². The van der Waals surface area contributed by atoms with E-state index in [1.54, 1.807) is 0 Å². The Kier molecular flexibility index (Phi) is 14.2. The molecule has 1 atom stereocenters. The highest BCUT2D eigenvalue weighted by Crippen LogP contribution is 2.09. The molecule has 6 nitrogen and oxygen atoms in total. The number of hydrogen-bond donors (Lipinski definition) is 3. The van der Waals surface area contributed by atoms with Crippen LogP contribution in [0.3, 0.4) is 0 Å². The maximum atomic E-state index is 10.6. The highest BCUT2D eigenvalue weighted by Gasteiger charge is 2.25. The van der Waals surface area contributed by atoms with E-state index < -0.39 is 5.60 Å². The zero-order valence-electron chi connectivity index (χ0n) is 14.9. The summed E-state index contributed by atoms with van der Waals surface area (Å²) in [5, 5.41) is 17.1. The number of nitrogens with zero attached hydrogens (tertiary/aromatic N) is 2. The van der Waals surface area contributed by atoms with Crippen molar-refractivity contribution in [2.75, 3.05) is 64.0 Å². The standard InChI is InChI=1S/C16H32N4O2S.HI/c1-4-11-23-12-6-18-15(17-5-2)19-13-16(3,21)14-20-7-9-22-10-8-20;/h4,21H,1,5-14H2,2-3H3,(H2,17,18,19);1H. The van der Waals surface area contributed by atoms with Crippen molar-refractivity contribution >= 4 is 41.7 Å². The largest absolute Gasteiger partial charge is 0.387 e. The maximum Gasteiger partial charge on any atom is 0.191 e. The monoisotopic (exact) mass is 472 g/mol. The van der Waals surface area contributed by atoms with E-state index in [1.165, 1.54) is 0 Å². The van der Waals surface area contributed by atoms with Crippen LogP contribution >= 0.6 is 35.7 Å². The molecule has 0 saturated carbocycles. The van der Waals surface area contributed by atoms with E-state index in [1.807, 2.05) is 31.7 Å².